The molecule has 0 saturated heterocycles. The van der Waals surface area contributed by atoms with E-state index in [-0.39, 0.29) is 18.4 Å². The van der Waals surface area contributed by atoms with E-state index in [1.165, 1.54) is 17.5 Å². The molecule has 2 heterocycles. The molecular formula is C22H22ClF4N3OS2. The summed E-state index contributed by atoms with van der Waals surface area (Å²) in [4.78, 5) is 8.87. The molecule has 33 heavy (non-hydrogen) atoms. The largest absolute Gasteiger partial charge is 0.598 e. The summed E-state index contributed by atoms with van der Waals surface area (Å²) in [5, 5.41) is 8.50. The first kappa shape index (κ1) is 25.9. The van der Waals surface area contributed by atoms with Crippen LogP contribution in [0.5, 0.6) is 0 Å². The number of thiazole rings is 1. The Bertz CT molecular complexity index is 1120. The normalized spacial score (nSPS) is 15.3. The second kappa shape index (κ2) is 9.50. The van der Waals surface area contributed by atoms with Crippen LogP contribution >= 0.6 is 22.9 Å². The Hall–Kier alpha value is -1.72. The molecule has 3 rings (SSSR count). The number of nitrogens with zero attached hydrogens (tertiary/aromatic N) is 2. The van der Waals surface area contributed by atoms with Gasteiger partial charge < -0.3 is 4.55 Å². The van der Waals surface area contributed by atoms with Crippen molar-refractivity contribution in [3.8, 4) is 0 Å². The number of benzene rings is 1. The molecule has 0 saturated carbocycles. The number of hydrogen-bond donors (Lipinski definition) is 1. The molecule has 1 aromatic carbocycles. The number of hydrogen-bond acceptors (Lipinski definition) is 5. The van der Waals surface area contributed by atoms with Gasteiger partial charge >= 0.3 is 6.18 Å². The summed E-state index contributed by atoms with van der Waals surface area (Å²) in [6, 6.07) is 5.55. The lowest BCUT2D eigenvalue weighted by Crippen LogP contribution is -2.46. The molecule has 0 amide bonds. The molecule has 2 N–H and O–H groups in total. The average molecular weight is 520 g/mol. The maximum absolute atomic E-state index is 14.6. The topological polar surface area (TPSA) is 74.9 Å². The van der Waals surface area contributed by atoms with Gasteiger partial charge in [-0.1, -0.05) is 11.6 Å². The van der Waals surface area contributed by atoms with E-state index in [2.05, 4.69) is 9.97 Å². The predicted octanol–water partition coefficient (Wildman–Crippen LogP) is 5.98. The Morgan fingerprint density at radius 2 is 1.82 bits per heavy atom. The molecule has 0 aliphatic carbocycles. The van der Waals surface area contributed by atoms with Gasteiger partial charge in [-0.25, -0.2) is 9.37 Å². The number of aromatic nitrogens is 2. The van der Waals surface area contributed by atoms with Crippen molar-refractivity contribution in [2.24, 2.45) is 5.14 Å². The van der Waals surface area contributed by atoms with Crippen LogP contribution in [-0.2, 0) is 29.4 Å². The maximum atomic E-state index is 14.6. The molecule has 4 nitrogen and oxygen atoms in total. The SMILES string of the molecule is Cc1csc(C[C@@](CC(C)(C)[S+](N)[O-])(c2cc(F)cc(C(F)(F)F)c2)c2ccc(Cl)cn2)n1. The lowest BCUT2D eigenvalue weighted by molar-refractivity contribution is -0.137. The monoisotopic (exact) mass is 519 g/mol. The predicted molar refractivity (Wildman–Crippen MR) is 123 cm³/mol. The standard InChI is InChI=1S/C22H22ClF4N3OS2/c1-13-11-32-19(30-13)9-21(12-20(2,3)33(28)31,18-5-4-16(23)10-29-18)14-6-15(22(25,26)27)8-17(24)7-14/h4-8,10-11H,9,12,28H2,1-3H3/t21-,33?/m1/s1. The van der Waals surface area contributed by atoms with Crippen molar-refractivity contribution in [3.05, 3.63) is 80.3 Å². The highest BCUT2D eigenvalue weighted by Crippen LogP contribution is 2.45. The summed E-state index contributed by atoms with van der Waals surface area (Å²) < 4.78 is 66.7. The molecule has 2 atom stereocenters. The Morgan fingerprint density at radius 3 is 2.33 bits per heavy atom. The van der Waals surface area contributed by atoms with E-state index >= 15 is 0 Å². The minimum Gasteiger partial charge on any atom is -0.598 e. The Labute approximate surface area is 201 Å². The molecule has 0 aliphatic heterocycles. The highest BCUT2D eigenvalue weighted by atomic mass is 35.5. The third kappa shape index (κ3) is 5.86. The first-order valence-electron chi connectivity index (χ1n) is 9.80. The highest BCUT2D eigenvalue weighted by molar-refractivity contribution is 7.90. The number of alkyl halides is 3. The second-order valence-corrected chi connectivity index (χ2v) is 11.5. The molecule has 3 aromatic rings. The van der Waals surface area contributed by atoms with Crippen LogP contribution in [0.25, 0.3) is 0 Å². The second-order valence-electron chi connectivity index (χ2n) is 8.46. The molecule has 2 aromatic heterocycles. The molecule has 0 bridgehead atoms. The van der Waals surface area contributed by atoms with Gasteiger partial charge in [0.25, 0.3) is 0 Å². The summed E-state index contributed by atoms with van der Waals surface area (Å²) in [6.45, 7) is 5.08. The number of halogens is 5. The lowest BCUT2D eigenvalue weighted by Gasteiger charge is -2.39. The smallest absolute Gasteiger partial charge is 0.416 e. The van der Waals surface area contributed by atoms with Gasteiger partial charge in [-0.2, -0.15) is 18.3 Å². The van der Waals surface area contributed by atoms with Gasteiger partial charge in [0.05, 0.1) is 21.3 Å². The molecule has 11 heteroatoms. The lowest BCUT2D eigenvalue weighted by atomic mass is 9.69. The van der Waals surface area contributed by atoms with Crippen LogP contribution in [0.1, 0.15) is 47.8 Å². The molecule has 0 aliphatic rings. The highest BCUT2D eigenvalue weighted by Gasteiger charge is 2.47. The van der Waals surface area contributed by atoms with Gasteiger partial charge in [0.15, 0.2) is 0 Å². The van der Waals surface area contributed by atoms with E-state index in [1.807, 2.05) is 5.38 Å². The van der Waals surface area contributed by atoms with Crippen molar-refractivity contribution in [1.29, 1.82) is 0 Å². The fourth-order valence-corrected chi connectivity index (χ4v) is 5.21. The summed E-state index contributed by atoms with van der Waals surface area (Å²) in [5.74, 6) is -1.04. The van der Waals surface area contributed by atoms with E-state index in [0.717, 1.165) is 17.8 Å². The Balaban J connectivity index is 2.35. The zero-order valence-electron chi connectivity index (χ0n) is 18.0. The van der Waals surface area contributed by atoms with Gasteiger partial charge in [-0.3, -0.25) is 4.98 Å². The molecule has 0 radical (unpaired) electrons. The third-order valence-electron chi connectivity index (χ3n) is 5.39. The summed E-state index contributed by atoms with van der Waals surface area (Å²) >= 11 is 5.50. The minimum atomic E-state index is -4.76. The van der Waals surface area contributed by atoms with Crippen LogP contribution in [-0.4, -0.2) is 19.3 Å². The molecule has 0 spiro atoms. The third-order valence-corrected chi connectivity index (χ3v) is 7.81. The van der Waals surface area contributed by atoms with E-state index < -0.39 is 39.1 Å². The first-order valence-corrected chi connectivity index (χ1v) is 12.3. The van der Waals surface area contributed by atoms with Crippen LogP contribution in [0.2, 0.25) is 5.02 Å². The van der Waals surface area contributed by atoms with Crippen molar-refractivity contribution in [1.82, 2.24) is 9.97 Å². The van der Waals surface area contributed by atoms with Crippen molar-refractivity contribution in [3.63, 3.8) is 0 Å². The zero-order valence-corrected chi connectivity index (χ0v) is 20.4. The molecule has 178 valence electrons. The fraction of sp³-hybridized carbons (Fsp3) is 0.364. The quantitative estimate of drug-likeness (QED) is 0.308. The van der Waals surface area contributed by atoms with Crippen molar-refractivity contribution >= 4 is 34.3 Å². The van der Waals surface area contributed by atoms with E-state index in [4.69, 9.17) is 16.7 Å². The van der Waals surface area contributed by atoms with Crippen LogP contribution in [0.3, 0.4) is 0 Å². The van der Waals surface area contributed by atoms with Crippen LogP contribution in [0, 0.1) is 12.7 Å². The van der Waals surface area contributed by atoms with Crippen molar-refractivity contribution in [2.45, 2.75) is 50.0 Å². The number of aryl methyl sites for hydroxylation is 1. The summed E-state index contributed by atoms with van der Waals surface area (Å²) in [5.41, 5.74) is -1.33. The van der Waals surface area contributed by atoms with Crippen molar-refractivity contribution < 1.29 is 22.1 Å². The average Bonchev–Trinajstić information content (AvgIpc) is 3.11. The van der Waals surface area contributed by atoms with Crippen LogP contribution < -0.4 is 5.14 Å². The maximum Gasteiger partial charge on any atom is 0.416 e. The van der Waals surface area contributed by atoms with Gasteiger partial charge in [0, 0.05) is 46.9 Å². The molecule has 0 fully saturated rings. The van der Waals surface area contributed by atoms with Crippen LogP contribution in [0.15, 0.2) is 41.9 Å². The summed E-state index contributed by atoms with van der Waals surface area (Å²) in [6.07, 6.45) is -3.28. The van der Waals surface area contributed by atoms with E-state index in [0.29, 0.717) is 21.8 Å². The summed E-state index contributed by atoms with van der Waals surface area (Å²) in [7, 11) is 0. The zero-order chi connectivity index (χ0) is 24.6. The fourth-order valence-electron chi connectivity index (χ4n) is 3.82. The number of rotatable bonds is 7. The van der Waals surface area contributed by atoms with Crippen molar-refractivity contribution in [2.75, 3.05) is 0 Å². The van der Waals surface area contributed by atoms with Gasteiger partial charge in [0.2, 0.25) is 0 Å². The van der Waals surface area contributed by atoms with Gasteiger partial charge in [-0.15, -0.1) is 11.3 Å². The molecular weight excluding hydrogens is 498 g/mol. The minimum absolute atomic E-state index is 0.0110. The van der Waals surface area contributed by atoms with E-state index in [1.54, 1.807) is 32.9 Å². The first-order chi connectivity index (χ1) is 15.2. The van der Waals surface area contributed by atoms with Gasteiger partial charge in [0.1, 0.15) is 10.6 Å². The molecule has 1 unspecified atom stereocenters. The van der Waals surface area contributed by atoms with E-state index in [9.17, 15) is 22.1 Å². The number of pyridine rings is 1. The van der Waals surface area contributed by atoms with Crippen LogP contribution in [0.4, 0.5) is 17.6 Å². The Kier molecular flexibility index (Phi) is 7.45. The Morgan fingerprint density at radius 1 is 1.15 bits per heavy atom. The van der Waals surface area contributed by atoms with Gasteiger partial charge in [-0.05, 0) is 56.7 Å². The number of nitrogens with two attached hydrogens (primary N) is 1.